The van der Waals surface area contributed by atoms with E-state index in [1.54, 1.807) is 12.5 Å². The average molecular weight is 385 g/mol. The molecule has 4 aromatic rings. The number of rotatable bonds is 3. The minimum Gasteiger partial charge on any atom is -0.336 e. The average Bonchev–Trinajstić information content (AvgIpc) is 3.41. The van der Waals surface area contributed by atoms with Gasteiger partial charge in [0.15, 0.2) is 0 Å². The Balaban J connectivity index is 1.73. The third-order valence-corrected chi connectivity index (χ3v) is 5.69. The van der Waals surface area contributed by atoms with E-state index in [0.717, 1.165) is 65.2 Å². The van der Waals surface area contributed by atoms with Gasteiger partial charge in [-0.2, -0.15) is 0 Å². The van der Waals surface area contributed by atoms with E-state index >= 15 is 0 Å². The van der Waals surface area contributed by atoms with Crippen molar-refractivity contribution >= 4 is 16.7 Å². The number of aromatic nitrogens is 3. The molecule has 0 atom stereocenters. The van der Waals surface area contributed by atoms with Crippen molar-refractivity contribution in [2.24, 2.45) is 0 Å². The van der Waals surface area contributed by atoms with Gasteiger partial charge < -0.3 is 19.8 Å². The largest absolute Gasteiger partial charge is 0.336 e. The number of carbonyl (C=O) groups excluding carboxylic acids is 1. The van der Waals surface area contributed by atoms with Crippen molar-refractivity contribution in [2.75, 3.05) is 26.2 Å². The van der Waals surface area contributed by atoms with E-state index < -0.39 is 0 Å². The molecule has 1 saturated heterocycles. The summed E-state index contributed by atoms with van der Waals surface area (Å²) in [5, 5.41) is 5.63. The van der Waals surface area contributed by atoms with Gasteiger partial charge in [-0.05, 0) is 23.3 Å². The number of aromatic amines is 1. The monoisotopic (exact) mass is 385 g/mol. The maximum Gasteiger partial charge on any atom is 0.256 e. The number of carbonyl (C=O) groups is 1. The van der Waals surface area contributed by atoms with Gasteiger partial charge in [-0.15, -0.1) is 0 Å². The second-order valence-electron chi connectivity index (χ2n) is 7.38. The zero-order valence-corrected chi connectivity index (χ0v) is 16.4. The maximum atomic E-state index is 13.6. The fourth-order valence-corrected chi connectivity index (χ4v) is 4.20. The highest BCUT2D eigenvalue weighted by Gasteiger charge is 2.27. The van der Waals surface area contributed by atoms with Gasteiger partial charge in [-0.3, -0.25) is 4.79 Å². The van der Waals surface area contributed by atoms with Crippen LogP contribution in [0.3, 0.4) is 0 Å². The van der Waals surface area contributed by atoms with E-state index in [4.69, 9.17) is 0 Å². The number of imidazole rings is 1. The smallest absolute Gasteiger partial charge is 0.256 e. The Labute approximate surface area is 169 Å². The van der Waals surface area contributed by atoms with Crippen LogP contribution >= 0.6 is 0 Å². The highest BCUT2D eigenvalue weighted by Crippen LogP contribution is 2.35. The van der Waals surface area contributed by atoms with E-state index in [1.807, 2.05) is 28.5 Å². The summed E-state index contributed by atoms with van der Waals surface area (Å²) < 4.78 is 2.03. The minimum absolute atomic E-state index is 0.0881. The van der Waals surface area contributed by atoms with Crippen LogP contribution in [-0.2, 0) is 0 Å². The lowest BCUT2D eigenvalue weighted by molar-refractivity contribution is 0.0736. The first kappa shape index (κ1) is 17.7. The molecule has 5 rings (SSSR count). The Morgan fingerprint density at radius 3 is 2.62 bits per heavy atom. The van der Waals surface area contributed by atoms with Gasteiger partial charge in [0, 0.05) is 43.6 Å². The lowest BCUT2D eigenvalue weighted by Crippen LogP contribution is -2.46. The quantitative estimate of drug-likeness (QED) is 0.568. The predicted molar refractivity (Wildman–Crippen MR) is 114 cm³/mol. The number of nitrogens with one attached hydrogen (secondary N) is 2. The molecule has 3 heterocycles. The molecule has 0 bridgehead atoms. The van der Waals surface area contributed by atoms with Crippen molar-refractivity contribution in [1.82, 2.24) is 24.8 Å². The molecule has 2 N–H and O–H groups in total. The summed E-state index contributed by atoms with van der Waals surface area (Å²) in [5.74, 6) is 0.938. The first-order valence-electron chi connectivity index (χ1n) is 9.93. The van der Waals surface area contributed by atoms with Crippen LogP contribution in [-0.4, -0.2) is 51.5 Å². The first-order valence-corrected chi connectivity index (χ1v) is 9.93. The summed E-state index contributed by atoms with van der Waals surface area (Å²) >= 11 is 0. The molecule has 6 nitrogen and oxygen atoms in total. The maximum absolute atomic E-state index is 13.6. The van der Waals surface area contributed by atoms with Crippen molar-refractivity contribution in [3.8, 4) is 16.9 Å². The summed E-state index contributed by atoms with van der Waals surface area (Å²) in [6.45, 7) is 5.11. The third-order valence-electron chi connectivity index (χ3n) is 5.69. The Kier molecular flexibility index (Phi) is 4.41. The topological polar surface area (TPSA) is 66.0 Å². The molecule has 6 heteroatoms. The van der Waals surface area contributed by atoms with E-state index in [0.29, 0.717) is 0 Å². The van der Waals surface area contributed by atoms with Crippen LogP contribution in [0.15, 0.2) is 61.2 Å². The van der Waals surface area contributed by atoms with Gasteiger partial charge in [0.1, 0.15) is 5.82 Å². The Morgan fingerprint density at radius 2 is 1.83 bits per heavy atom. The fourth-order valence-electron chi connectivity index (χ4n) is 4.20. The van der Waals surface area contributed by atoms with Gasteiger partial charge in [0.25, 0.3) is 5.91 Å². The molecular weight excluding hydrogens is 362 g/mol. The lowest BCUT2D eigenvalue weighted by atomic mass is 9.96. The van der Waals surface area contributed by atoms with Crippen molar-refractivity contribution < 1.29 is 4.79 Å². The number of fused-ring (bicyclic) bond motifs is 1. The highest BCUT2D eigenvalue weighted by molar-refractivity contribution is 6.07. The lowest BCUT2D eigenvalue weighted by Gasteiger charge is -2.28. The molecule has 1 aliphatic heterocycles. The predicted octanol–water partition coefficient (Wildman–Crippen LogP) is 3.37. The van der Waals surface area contributed by atoms with Crippen molar-refractivity contribution in [1.29, 1.82) is 0 Å². The molecule has 0 saturated carbocycles. The van der Waals surface area contributed by atoms with Crippen LogP contribution in [0.4, 0.5) is 0 Å². The van der Waals surface area contributed by atoms with E-state index in [1.165, 1.54) is 0 Å². The number of hydrogen-bond donors (Lipinski definition) is 2. The second-order valence-corrected chi connectivity index (χ2v) is 7.38. The SMILES string of the molecule is Cc1c(C(=O)N2CCNCC2)c(-c2cccc3ccccc23)cn1-c1cnc[nH]1. The number of piperazine rings is 1. The Hall–Kier alpha value is -3.38. The Bertz CT molecular complexity index is 1160. The normalized spacial score (nSPS) is 14.4. The standard InChI is InChI=1S/C23H23N5O/c1-16-22(23(29)27-11-9-24-10-12-27)20(14-28(16)21-13-25-15-26-21)19-8-4-6-17-5-2-3-7-18(17)19/h2-8,13-15,24H,9-12H2,1H3,(H,25,26). The second kappa shape index (κ2) is 7.22. The summed E-state index contributed by atoms with van der Waals surface area (Å²) in [6.07, 6.45) is 5.49. The van der Waals surface area contributed by atoms with Crippen LogP contribution in [0, 0.1) is 6.92 Å². The van der Waals surface area contributed by atoms with E-state index in [-0.39, 0.29) is 5.91 Å². The molecule has 146 valence electrons. The van der Waals surface area contributed by atoms with Crippen molar-refractivity contribution in [2.45, 2.75) is 6.92 Å². The number of nitrogens with zero attached hydrogens (tertiary/aromatic N) is 3. The molecule has 0 spiro atoms. The van der Waals surface area contributed by atoms with Gasteiger partial charge >= 0.3 is 0 Å². The number of amides is 1. The van der Waals surface area contributed by atoms with Crippen LogP contribution < -0.4 is 5.32 Å². The van der Waals surface area contributed by atoms with E-state index in [9.17, 15) is 4.79 Å². The van der Waals surface area contributed by atoms with Crippen LogP contribution in [0.1, 0.15) is 16.1 Å². The molecule has 1 aliphatic rings. The molecular formula is C23H23N5O. The summed E-state index contributed by atoms with van der Waals surface area (Å²) in [4.78, 5) is 22.9. The third kappa shape index (κ3) is 3.02. The molecule has 0 radical (unpaired) electrons. The van der Waals surface area contributed by atoms with E-state index in [2.05, 4.69) is 51.8 Å². The van der Waals surface area contributed by atoms with Crippen molar-refractivity contribution in [3.05, 3.63) is 72.4 Å². The molecule has 1 fully saturated rings. The Morgan fingerprint density at radius 1 is 1.03 bits per heavy atom. The van der Waals surface area contributed by atoms with Gasteiger partial charge in [-0.25, -0.2) is 4.98 Å². The first-order chi connectivity index (χ1) is 14.2. The minimum atomic E-state index is 0.0881. The molecule has 0 aliphatic carbocycles. The molecule has 2 aromatic heterocycles. The van der Waals surface area contributed by atoms with Gasteiger partial charge in [0.2, 0.25) is 0 Å². The molecule has 0 unspecified atom stereocenters. The van der Waals surface area contributed by atoms with Crippen LogP contribution in [0.5, 0.6) is 0 Å². The number of H-pyrrole nitrogens is 1. The number of benzene rings is 2. The van der Waals surface area contributed by atoms with Gasteiger partial charge in [-0.1, -0.05) is 42.5 Å². The summed E-state index contributed by atoms with van der Waals surface area (Å²) in [6, 6.07) is 14.6. The highest BCUT2D eigenvalue weighted by atomic mass is 16.2. The summed E-state index contributed by atoms with van der Waals surface area (Å²) in [5.41, 5.74) is 3.71. The zero-order valence-electron chi connectivity index (χ0n) is 16.4. The number of hydrogen-bond acceptors (Lipinski definition) is 3. The fraction of sp³-hybridized carbons (Fsp3) is 0.217. The van der Waals surface area contributed by atoms with Gasteiger partial charge in [0.05, 0.1) is 18.1 Å². The zero-order chi connectivity index (χ0) is 19.8. The summed E-state index contributed by atoms with van der Waals surface area (Å²) in [7, 11) is 0. The van der Waals surface area contributed by atoms with Crippen LogP contribution in [0.25, 0.3) is 27.7 Å². The molecule has 2 aromatic carbocycles. The van der Waals surface area contributed by atoms with Crippen molar-refractivity contribution in [3.63, 3.8) is 0 Å². The molecule has 29 heavy (non-hydrogen) atoms. The molecule has 1 amide bonds. The van der Waals surface area contributed by atoms with Crippen LogP contribution in [0.2, 0.25) is 0 Å².